The van der Waals surface area contributed by atoms with Crippen molar-refractivity contribution >= 4 is 29.0 Å². The maximum absolute atomic E-state index is 12.8. The standard InChI is InChI=1S/C21H24N2O3/c1-13(2)20(25)22-17-9-5-7-15(11-17)19(24)16-8-6-10-18(12-16)23-21(26)14(3)4/h5-14H,1-4H3,(H,22,25)(H,23,26). The molecule has 0 radical (unpaired) electrons. The zero-order chi connectivity index (χ0) is 19.3. The van der Waals surface area contributed by atoms with Gasteiger partial charge in [0, 0.05) is 34.3 Å². The van der Waals surface area contributed by atoms with Crippen molar-refractivity contribution in [3.8, 4) is 0 Å². The Morgan fingerprint density at radius 3 is 1.42 bits per heavy atom. The van der Waals surface area contributed by atoms with Gasteiger partial charge in [0.15, 0.2) is 5.78 Å². The Morgan fingerprint density at radius 2 is 1.08 bits per heavy atom. The number of hydrogen-bond donors (Lipinski definition) is 2. The predicted octanol–water partition coefficient (Wildman–Crippen LogP) is 4.11. The normalized spacial score (nSPS) is 10.7. The van der Waals surface area contributed by atoms with Crippen LogP contribution >= 0.6 is 0 Å². The molecule has 2 aromatic rings. The number of carbonyl (C=O) groups is 3. The van der Waals surface area contributed by atoms with Crippen LogP contribution in [0.3, 0.4) is 0 Å². The van der Waals surface area contributed by atoms with E-state index in [2.05, 4.69) is 10.6 Å². The summed E-state index contributed by atoms with van der Waals surface area (Å²) < 4.78 is 0. The third-order valence-corrected chi connectivity index (χ3v) is 3.83. The molecule has 2 N–H and O–H groups in total. The summed E-state index contributed by atoms with van der Waals surface area (Å²) in [5, 5.41) is 5.58. The largest absolute Gasteiger partial charge is 0.326 e. The summed E-state index contributed by atoms with van der Waals surface area (Å²) in [6, 6.07) is 13.7. The molecule has 0 aliphatic rings. The number of rotatable bonds is 6. The summed E-state index contributed by atoms with van der Waals surface area (Å²) in [5.74, 6) is -0.668. The van der Waals surface area contributed by atoms with Gasteiger partial charge in [-0.3, -0.25) is 14.4 Å². The number of carbonyl (C=O) groups excluding carboxylic acids is 3. The molecule has 2 aromatic carbocycles. The summed E-state index contributed by atoms with van der Waals surface area (Å²) in [6.07, 6.45) is 0. The lowest BCUT2D eigenvalue weighted by atomic mass is 10.0. The van der Waals surface area contributed by atoms with Crippen LogP contribution in [0.4, 0.5) is 11.4 Å². The van der Waals surface area contributed by atoms with E-state index >= 15 is 0 Å². The molecule has 5 heteroatoms. The van der Waals surface area contributed by atoms with Gasteiger partial charge in [0.25, 0.3) is 0 Å². The highest BCUT2D eigenvalue weighted by atomic mass is 16.2. The lowest BCUT2D eigenvalue weighted by Crippen LogP contribution is -2.18. The van der Waals surface area contributed by atoms with Crippen molar-refractivity contribution in [3.63, 3.8) is 0 Å². The average Bonchev–Trinajstić information content (AvgIpc) is 2.61. The van der Waals surface area contributed by atoms with Gasteiger partial charge < -0.3 is 10.6 Å². The number of amides is 2. The highest BCUT2D eigenvalue weighted by Gasteiger charge is 2.13. The van der Waals surface area contributed by atoms with E-state index in [9.17, 15) is 14.4 Å². The summed E-state index contributed by atoms with van der Waals surface area (Å²) >= 11 is 0. The van der Waals surface area contributed by atoms with Crippen LogP contribution in [0.5, 0.6) is 0 Å². The van der Waals surface area contributed by atoms with Gasteiger partial charge in [-0.1, -0.05) is 52.0 Å². The summed E-state index contributed by atoms with van der Waals surface area (Å²) in [7, 11) is 0. The van der Waals surface area contributed by atoms with E-state index in [1.54, 1.807) is 76.2 Å². The summed E-state index contributed by atoms with van der Waals surface area (Å²) in [4.78, 5) is 36.4. The molecule has 0 fully saturated rings. The van der Waals surface area contributed by atoms with E-state index in [1.165, 1.54) is 0 Å². The molecule has 0 saturated carbocycles. The topological polar surface area (TPSA) is 75.3 Å². The Bertz CT molecular complexity index is 758. The van der Waals surface area contributed by atoms with E-state index in [0.29, 0.717) is 22.5 Å². The fraction of sp³-hybridized carbons (Fsp3) is 0.286. The van der Waals surface area contributed by atoms with Gasteiger partial charge in [0.1, 0.15) is 0 Å². The second-order valence-corrected chi connectivity index (χ2v) is 6.78. The Morgan fingerprint density at radius 1 is 0.692 bits per heavy atom. The van der Waals surface area contributed by atoms with Crippen molar-refractivity contribution in [3.05, 3.63) is 59.7 Å². The maximum atomic E-state index is 12.8. The number of nitrogens with one attached hydrogen (secondary N) is 2. The summed E-state index contributed by atoms with van der Waals surface area (Å²) in [5.41, 5.74) is 2.11. The van der Waals surface area contributed by atoms with Crippen molar-refractivity contribution in [2.45, 2.75) is 27.7 Å². The van der Waals surface area contributed by atoms with Gasteiger partial charge in [-0.05, 0) is 24.3 Å². The molecular formula is C21H24N2O3. The molecule has 2 rings (SSSR count). The zero-order valence-corrected chi connectivity index (χ0v) is 15.5. The van der Waals surface area contributed by atoms with Crippen LogP contribution in [0.25, 0.3) is 0 Å². The molecule has 0 saturated heterocycles. The van der Waals surface area contributed by atoms with Gasteiger partial charge in [0.05, 0.1) is 0 Å². The highest BCUT2D eigenvalue weighted by Crippen LogP contribution is 2.18. The smallest absolute Gasteiger partial charge is 0.226 e. The van der Waals surface area contributed by atoms with E-state index in [4.69, 9.17) is 0 Å². The molecule has 0 atom stereocenters. The Labute approximate surface area is 153 Å². The minimum absolute atomic E-state index is 0.104. The molecule has 136 valence electrons. The second kappa shape index (κ2) is 8.43. The molecule has 0 aromatic heterocycles. The maximum Gasteiger partial charge on any atom is 0.226 e. The van der Waals surface area contributed by atoms with Crippen molar-refractivity contribution in [1.29, 1.82) is 0 Å². The molecule has 0 unspecified atom stereocenters. The van der Waals surface area contributed by atoms with E-state index < -0.39 is 0 Å². The van der Waals surface area contributed by atoms with Crippen molar-refractivity contribution < 1.29 is 14.4 Å². The third kappa shape index (κ3) is 5.02. The Kier molecular flexibility index (Phi) is 6.28. The monoisotopic (exact) mass is 352 g/mol. The first kappa shape index (κ1) is 19.4. The fourth-order valence-electron chi connectivity index (χ4n) is 2.22. The van der Waals surface area contributed by atoms with Crippen LogP contribution in [-0.2, 0) is 9.59 Å². The molecule has 26 heavy (non-hydrogen) atoms. The van der Waals surface area contributed by atoms with E-state index in [-0.39, 0.29) is 29.4 Å². The molecule has 0 aliphatic carbocycles. The zero-order valence-electron chi connectivity index (χ0n) is 15.5. The van der Waals surface area contributed by atoms with E-state index in [1.807, 2.05) is 0 Å². The first-order valence-corrected chi connectivity index (χ1v) is 8.64. The number of hydrogen-bond acceptors (Lipinski definition) is 3. The minimum atomic E-state index is -0.175. The summed E-state index contributed by atoms with van der Waals surface area (Å²) in [6.45, 7) is 7.23. The molecule has 0 heterocycles. The molecule has 0 aliphatic heterocycles. The SMILES string of the molecule is CC(C)C(=O)Nc1cccc(C(=O)c2cccc(NC(=O)C(C)C)c2)c1. The van der Waals surface area contributed by atoms with Crippen LogP contribution in [0, 0.1) is 11.8 Å². The lowest BCUT2D eigenvalue weighted by molar-refractivity contribution is -0.119. The van der Waals surface area contributed by atoms with Crippen LogP contribution in [-0.4, -0.2) is 17.6 Å². The van der Waals surface area contributed by atoms with Gasteiger partial charge in [-0.25, -0.2) is 0 Å². The number of anilines is 2. The predicted molar refractivity (Wildman–Crippen MR) is 103 cm³/mol. The quantitative estimate of drug-likeness (QED) is 0.768. The molecule has 2 amide bonds. The molecule has 5 nitrogen and oxygen atoms in total. The average molecular weight is 352 g/mol. The number of ketones is 1. The first-order valence-electron chi connectivity index (χ1n) is 8.64. The van der Waals surface area contributed by atoms with Crippen LogP contribution in [0.15, 0.2) is 48.5 Å². The van der Waals surface area contributed by atoms with Crippen molar-refractivity contribution in [2.24, 2.45) is 11.8 Å². The number of benzene rings is 2. The van der Waals surface area contributed by atoms with Gasteiger partial charge >= 0.3 is 0 Å². The van der Waals surface area contributed by atoms with E-state index in [0.717, 1.165) is 0 Å². The van der Waals surface area contributed by atoms with Crippen molar-refractivity contribution in [2.75, 3.05) is 10.6 Å². The van der Waals surface area contributed by atoms with Gasteiger partial charge in [-0.2, -0.15) is 0 Å². The first-order chi connectivity index (χ1) is 12.3. The molecule has 0 bridgehead atoms. The lowest BCUT2D eigenvalue weighted by Gasteiger charge is -2.10. The van der Waals surface area contributed by atoms with Crippen molar-refractivity contribution in [1.82, 2.24) is 0 Å². The van der Waals surface area contributed by atoms with Crippen LogP contribution in [0.2, 0.25) is 0 Å². The second-order valence-electron chi connectivity index (χ2n) is 6.78. The minimum Gasteiger partial charge on any atom is -0.326 e. The molecule has 0 spiro atoms. The third-order valence-electron chi connectivity index (χ3n) is 3.83. The van der Waals surface area contributed by atoms with Crippen LogP contribution < -0.4 is 10.6 Å². The van der Waals surface area contributed by atoms with Gasteiger partial charge in [-0.15, -0.1) is 0 Å². The Balaban J connectivity index is 2.21. The highest BCUT2D eigenvalue weighted by molar-refractivity contribution is 6.10. The molecular weight excluding hydrogens is 328 g/mol. The Hall–Kier alpha value is -2.95. The van der Waals surface area contributed by atoms with Crippen LogP contribution in [0.1, 0.15) is 43.6 Å². The van der Waals surface area contributed by atoms with Gasteiger partial charge in [0.2, 0.25) is 11.8 Å². The fourth-order valence-corrected chi connectivity index (χ4v) is 2.22.